The molecule has 0 N–H and O–H groups in total. The van der Waals surface area contributed by atoms with E-state index >= 15 is 0 Å². The number of esters is 1. The Morgan fingerprint density at radius 2 is 1.77 bits per heavy atom. The van der Waals surface area contributed by atoms with Crippen molar-refractivity contribution in [3.8, 4) is 17.1 Å². The fraction of sp³-hybridized carbons (Fsp3) is 0.200. The van der Waals surface area contributed by atoms with Crippen LogP contribution in [0, 0.1) is 0 Å². The maximum atomic E-state index is 12.1. The van der Waals surface area contributed by atoms with Gasteiger partial charge in [-0.15, -0.1) is 0 Å². The lowest BCUT2D eigenvalue weighted by molar-refractivity contribution is 0.0464. The molecule has 6 heteroatoms. The van der Waals surface area contributed by atoms with Gasteiger partial charge in [0, 0.05) is 31.4 Å². The van der Waals surface area contributed by atoms with E-state index in [-0.39, 0.29) is 6.61 Å². The van der Waals surface area contributed by atoms with Gasteiger partial charge in [0.2, 0.25) is 0 Å². The third-order valence-corrected chi connectivity index (χ3v) is 3.90. The van der Waals surface area contributed by atoms with Crippen LogP contribution in [0.3, 0.4) is 0 Å². The van der Waals surface area contributed by atoms with Crippen molar-refractivity contribution in [2.24, 2.45) is 0 Å². The van der Waals surface area contributed by atoms with Crippen LogP contribution in [0.4, 0.5) is 5.69 Å². The molecular weight excluding hydrogens is 332 g/mol. The summed E-state index contributed by atoms with van der Waals surface area (Å²) in [6.45, 7) is 0.0495. The Kier molecular flexibility index (Phi) is 5.22. The van der Waals surface area contributed by atoms with Crippen LogP contribution in [-0.4, -0.2) is 32.3 Å². The number of aromatic nitrogens is 1. The van der Waals surface area contributed by atoms with E-state index in [9.17, 15) is 4.79 Å². The third kappa shape index (κ3) is 4.03. The molecule has 0 atom stereocenters. The number of anilines is 1. The van der Waals surface area contributed by atoms with Crippen molar-refractivity contribution in [3.05, 3.63) is 65.9 Å². The van der Waals surface area contributed by atoms with Crippen molar-refractivity contribution in [2.75, 3.05) is 26.1 Å². The van der Waals surface area contributed by atoms with E-state index < -0.39 is 5.97 Å². The number of hydrogen-bond acceptors (Lipinski definition) is 6. The summed E-state index contributed by atoms with van der Waals surface area (Å²) in [7, 11) is 5.50. The number of hydrogen-bond donors (Lipinski definition) is 0. The van der Waals surface area contributed by atoms with Crippen LogP contribution in [0.25, 0.3) is 11.3 Å². The normalized spacial score (nSPS) is 10.4. The molecule has 0 aliphatic heterocycles. The standard InChI is InChI=1S/C20H20N2O4/c1-22(2)17-8-4-15(5-9-17)20(23)25-13-16-12-19(26-21-16)14-6-10-18(24-3)11-7-14/h4-12H,13H2,1-3H3. The fourth-order valence-corrected chi connectivity index (χ4v) is 2.39. The number of carbonyl (C=O) groups excluding carboxylic acids is 1. The van der Waals surface area contributed by atoms with Gasteiger partial charge >= 0.3 is 5.97 Å². The Bertz CT molecular complexity index is 868. The average molecular weight is 352 g/mol. The van der Waals surface area contributed by atoms with Crippen LogP contribution in [-0.2, 0) is 11.3 Å². The zero-order valence-corrected chi connectivity index (χ0v) is 14.9. The van der Waals surface area contributed by atoms with Gasteiger partial charge in [-0.05, 0) is 48.5 Å². The Balaban J connectivity index is 1.61. The molecule has 0 radical (unpaired) electrons. The molecule has 0 bridgehead atoms. The molecule has 134 valence electrons. The van der Waals surface area contributed by atoms with E-state index in [2.05, 4.69) is 5.16 Å². The first kappa shape index (κ1) is 17.5. The van der Waals surface area contributed by atoms with Gasteiger partial charge in [0.15, 0.2) is 5.76 Å². The molecule has 2 aromatic carbocycles. The summed E-state index contributed by atoms with van der Waals surface area (Å²) in [4.78, 5) is 14.1. The number of benzene rings is 2. The minimum absolute atomic E-state index is 0.0495. The van der Waals surface area contributed by atoms with E-state index in [1.807, 2.05) is 55.4 Å². The predicted octanol–water partition coefficient (Wildman–Crippen LogP) is 3.77. The highest BCUT2D eigenvalue weighted by Gasteiger charge is 2.11. The maximum absolute atomic E-state index is 12.1. The number of nitrogens with zero attached hydrogens (tertiary/aromatic N) is 2. The molecule has 0 saturated heterocycles. The molecule has 0 fully saturated rings. The molecule has 0 amide bonds. The molecule has 1 heterocycles. The highest BCUT2D eigenvalue weighted by Crippen LogP contribution is 2.23. The molecule has 1 aromatic heterocycles. The first-order valence-corrected chi connectivity index (χ1v) is 8.11. The zero-order valence-electron chi connectivity index (χ0n) is 14.9. The molecule has 3 aromatic rings. The molecule has 0 aliphatic rings. The fourth-order valence-electron chi connectivity index (χ4n) is 2.39. The van der Waals surface area contributed by atoms with Crippen LogP contribution in [0.5, 0.6) is 5.75 Å². The lowest BCUT2D eigenvalue weighted by atomic mass is 10.1. The Morgan fingerprint density at radius 1 is 1.08 bits per heavy atom. The van der Waals surface area contributed by atoms with E-state index in [0.29, 0.717) is 17.0 Å². The van der Waals surface area contributed by atoms with Gasteiger partial charge in [0.1, 0.15) is 18.1 Å². The molecule has 0 saturated carbocycles. The van der Waals surface area contributed by atoms with Crippen LogP contribution >= 0.6 is 0 Å². The third-order valence-electron chi connectivity index (χ3n) is 3.90. The van der Waals surface area contributed by atoms with E-state index in [1.54, 1.807) is 25.3 Å². The first-order chi connectivity index (χ1) is 12.6. The van der Waals surface area contributed by atoms with E-state index in [0.717, 1.165) is 17.0 Å². The van der Waals surface area contributed by atoms with Gasteiger partial charge in [-0.1, -0.05) is 5.16 Å². The first-order valence-electron chi connectivity index (χ1n) is 8.11. The maximum Gasteiger partial charge on any atom is 0.338 e. The average Bonchev–Trinajstić information content (AvgIpc) is 3.15. The quantitative estimate of drug-likeness (QED) is 0.629. The molecule has 0 spiro atoms. The number of rotatable bonds is 6. The minimum Gasteiger partial charge on any atom is -0.497 e. The lowest BCUT2D eigenvalue weighted by Crippen LogP contribution is -2.09. The molecule has 0 unspecified atom stereocenters. The molecule has 26 heavy (non-hydrogen) atoms. The number of ether oxygens (including phenoxy) is 2. The second-order valence-electron chi connectivity index (χ2n) is 5.93. The van der Waals surface area contributed by atoms with Crippen molar-refractivity contribution in [2.45, 2.75) is 6.61 Å². The van der Waals surface area contributed by atoms with Crippen LogP contribution < -0.4 is 9.64 Å². The second-order valence-corrected chi connectivity index (χ2v) is 5.93. The van der Waals surface area contributed by atoms with Crippen molar-refractivity contribution in [1.82, 2.24) is 5.16 Å². The summed E-state index contributed by atoms with van der Waals surface area (Å²) in [5.74, 6) is 0.973. The van der Waals surface area contributed by atoms with Crippen LogP contribution in [0.15, 0.2) is 59.1 Å². The Hall–Kier alpha value is -3.28. The summed E-state index contributed by atoms with van der Waals surface area (Å²) < 4.78 is 15.8. The summed E-state index contributed by atoms with van der Waals surface area (Å²) in [5.41, 5.74) is 2.93. The SMILES string of the molecule is COc1ccc(-c2cc(COC(=O)c3ccc(N(C)C)cc3)no2)cc1. The van der Waals surface area contributed by atoms with Gasteiger partial charge in [-0.2, -0.15) is 0 Å². The van der Waals surface area contributed by atoms with Crippen LogP contribution in [0.1, 0.15) is 16.1 Å². The minimum atomic E-state index is -0.399. The van der Waals surface area contributed by atoms with E-state index in [1.165, 1.54) is 0 Å². The van der Waals surface area contributed by atoms with Crippen LogP contribution in [0.2, 0.25) is 0 Å². The largest absolute Gasteiger partial charge is 0.497 e. The van der Waals surface area contributed by atoms with Crippen molar-refractivity contribution >= 4 is 11.7 Å². The topological polar surface area (TPSA) is 64.8 Å². The summed E-state index contributed by atoms with van der Waals surface area (Å²) in [5, 5.41) is 3.95. The van der Waals surface area contributed by atoms with Crippen molar-refractivity contribution < 1.29 is 18.8 Å². The number of carbonyl (C=O) groups is 1. The second kappa shape index (κ2) is 7.74. The highest BCUT2D eigenvalue weighted by atomic mass is 16.5. The van der Waals surface area contributed by atoms with Crippen molar-refractivity contribution in [3.63, 3.8) is 0 Å². The zero-order chi connectivity index (χ0) is 18.5. The molecule has 0 aliphatic carbocycles. The predicted molar refractivity (Wildman–Crippen MR) is 98.4 cm³/mol. The smallest absolute Gasteiger partial charge is 0.338 e. The van der Waals surface area contributed by atoms with Gasteiger partial charge < -0.3 is 18.9 Å². The summed E-state index contributed by atoms with van der Waals surface area (Å²) in [6, 6.07) is 16.4. The van der Waals surface area contributed by atoms with Gasteiger partial charge in [-0.25, -0.2) is 4.79 Å². The monoisotopic (exact) mass is 352 g/mol. The molecular formula is C20H20N2O4. The summed E-state index contributed by atoms with van der Waals surface area (Å²) >= 11 is 0. The van der Waals surface area contributed by atoms with Gasteiger partial charge in [-0.3, -0.25) is 0 Å². The Labute approximate surface area is 151 Å². The highest BCUT2D eigenvalue weighted by molar-refractivity contribution is 5.89. The van der Waals surface area contributed by atoms with E-state index in [4.69, 9.17) is 14.0 Å². The van der Waals surface area contributed by atoms with Gasteiger partial charge in [0.05, 0.1) is 12.7 Å². The van der Waals surface area contributed by atoms with Gasteiger partial charge in [0.25, 0.3) is 0 Å². The molecule has 3 rings (SSSR count). The molecule has 6 nitrogen and oxygen atoms in total. The summed E-state index contributed by atoms with van der Waals surface area (Å²) in [6.07, 6.45) is 0. The Morgan fingerprint density at radius 3 is 2.38 bits per heavy atom. The lowest BCUT2D eigenvalue weighted by Gasteiger charge is -2.12. The number of methoxy groups -OCH3 is 1. The van der Waals surface area contributed by atoms with Crippen molar-refractivity contribution in [1.29, 1.82) is 0 Å².